The summed E-state index contributed by atoms with van der Waals surface area (Å²) >= 11 is 0. The lowest BCUT2D eigenvalue weighted by molar-refractivity contribution is -0.104. The zero-order valence-electron chi connectivity index (χ0n) is 42.7. The molecule has 0 aliphatic heterocycles. The summed E-state index contributed by atoms with van der Waals surface area (Å²) in [6, 6.07) is 73.2. The molecule has 1 saturated carbocycles. The number of ether oxygens (including phenoxy) is 2. The first-order chi connectivity index (χ1) is 38.2. The Morgan fingerprint density at radius 1 is 0.218 bits per heavy atom. The number of phosphoric ester groups is 3. The zero-order valence-corrected chi connectivity index (χ0v) is 45.4. The van der Waals surface area contributed by atoms with Gasteiger partial charge in [0.1, 0.15) is 30.5 Å². The third kappa shape index (κ3) is 17.3. The van der Waals surface area contributed by atoms with E-state index in [4.69, 9.17) is 50.2 Å². The fraction of sp³-hybridized carbons (Fsp3) is 0.213. The van der Waals surface area contributed by atoms with Crippen molar-refractivity contribution in [1.29, 1.82) is 0 Å². The lowest BCUT2D eigenvalue weighted by Gasteiger charge is -2.31. The molecule has 8 aromatic rings. The Bertz CT molecular complexity index is 2830. The van der Waals surface area contributed by atoms with Crippen molar-refractivity contribution >= 4 is 23.5 Å². The highest BCUT2D eigenvalue weighted by Crippen LogP contribution is 2.61. The van der Waals surface area contributed by atoms with Crippen molar-refractivity contribution in [2.75, 3.05) is 0 Å². The number of hydrogen-bond donors (Lipinski definition) is 0. The van der Waals surface area contributed by atoms with E-state index in [1.807, 2.05) is 194 Å². The van der Waals surface area contributed by atoms with Crippen LogP contribution in [0.15, 0.2) is 243 Å². The van der Waals surface area contributed by atoms with Crippen molar-refractivity contribution in [2.24, 2.45) is 0 Å². The Morgan fingerprint density at radius 2 is 0.372 bits per heavy atom. The minimum Gasteiger partial charge on any atom is -0.368 e. The molecule has 0 saturated heterocycles. The molecule has 0 amide bonds. The van der Waals surface area contributed by atoms with Gasteiger partial charge in [0, 0.05) is 0 Å². The van der Waals surface area contributed by atoms with Gasteiger partial charge in [0.25, 0.3) is 0 Å². The second kappa shape index (κ2) is 28.8. The van der Waals surface area contributed by atoms with Crippen molar-refractivity contribution < 1.29 is 63.9 Å². The van der Waals surface area contributed by atoms with Crippen LogP contribution in [0.4, 0.5) is 0 Å². The van der Waals surface area contributed by atoms with Crippen LogP contribution in [-0.4, -0.2) is 30.5 Å². The fourth-order valence-electron chi connectivity index (χ4n) is 8.32. The van der Waals surface area contributed by atoms with Gasteiger partial charge in [0.05, 0.1) is 52.9 Å². The minimum atomic E-state index is -4.82. The van der Waals surface area contributed by atoms with Crippen LogP contribution in [0.25, 0.3) is 0 Å². The Morgan fingerprint density at radius 3 is 0.551 bits per heavy atom. The molecule has 1 aliphatic carbocycles. The highest BCUT2D eigenvalue weighted by molar-refractivity contribution is 7.49. The van der Waals surface area contributed by atoms with Gasteiger partial charge < -0.3 is 9.47 Å². The SMILES string of the molecule is O=P(OCc1ccccc1)(OCc1ccccc1)OC1[C@H](OCc2ccccc2)[C@@H](OP(=O)(OCc2ccccc2)OCc2ccccc2)[C@H](OP(=O)(OCc2ccccc2)OCc2ccccc2)[C@H]1OCc1ccccc1. The van der Waals surface area contributed by atoms with Crippen molar-refractivity contribution in [3.05, 3.63) is 287 Å². The van der Waals surface area contributed by atoms with Gasteiger partial charge in [-0.15, -0.1) is 0 Å². The molecule has 0 radical (unpaired) electrons. The summed E-state index contributed by atoms with van der Waals surface area (Å²) in [5.41, 5.74) is 5.42. The molecule has 1 aliphatic rings. The summed E-state index contributed by atoms with van der Waals surface area (Å²) in [6.45, 7) is -1.47. The molecule has 0 aromatic heterocycles. The van der Waals surface area contributed by atoms with Gasteiger partial charge in [-0.1, -0.05) is 243 Å². The summed E-state index contributed by atoms with van der Waals surface area (Å²) < 4.78 is 119. The number of phosphoric acid groups is 3. The van der Waals surface area contributed by atoms with E-state index in [1.165, 1.54) is 0 Å². The van der Waals surface area contributed by atoms with Gasteiger partial charge in [-0.2, -0.15) is 0 Å². The Kier molecular flexibility index (Phi) is 20.9. The average Bonchev–Trinajstić information content (AvgIpc) is 3.86. The molecule has 404 valence electrons. The van der Waals surface area contributed by atoms with Crippen LogP contribution in [-0.2, 0) is 117 Å². The molecule has 0 N–H and O–H groups in total. The molecule has 14 nitrogen and oxygen atoms in total. The zero-order chi connectivity index (χ0) is 53.7. The monoisotopic (exact) mass is 1110 g/mol. The molecule has 0 unspecified atom stereocenters. The lowest BCUT2D eigenvalue weighted by Crippen LogP contribution is -2.38. The van der Waals surface area contributed by atoms with E-state index in [2.05, 4.69) is 0 Å². The van der Waals surface area contributed by atoms with E-state index >= 15 is 13.7 Å². The number of rotatable bonds is 30. The van der Waals surface area contributed by atoms with Gasteiger partial charge in [-0.05, 0) is 44.5 Å². The normalized spacial score (nSPS) is 17.0. The summed E-state index contributed by atoms with van der Waals surface area (Å²) in [5.74, 6) is 0. The maximum Gasteiger partial charge on any atom is 0.475 e. The van der Waals surface area contributed by atoms with E-state index in [0.29, 0.717) is 33.4 Å². The fourth-order valence-corrected chi connectivity index (χ4v) is 12.4. The van der Waals surface area contributed by atoms with Crippen molar-refractivity contribution in [3.8, 4) is 0 Å². The summed E-state index contributed by atoms with van der Waals surface area (Å²) in [4.78, 5) is 0. The quantitative estimate of drug-likeness (QED) is 0.0392. The van der Waals surface area contributed by atoms with Crippen LogP contribution in [0.2, 0.25) is 0 Å². The van der Waals surface area contributed by atoms with E-state index in [-0.39, 0.29) is 52.9 Å². The topological polar surface area (TPSA) is 153 Å². The van der Waals surface area contributed by atoms with Crippen molar-refractivity contribution in [1.82, 2.24) is 0 Å². The molecule has 0 heterocycles. The van der Waals surface area contributed by atoms with Gasteiger partial charge in [-0.25, -0.2) is 13.7 Å². The van der Waals surface area contributed by atoms with Crippen LogP contribution in [0, 0.1) is 0 Å². The maximum absolute atomic E-state index is 15.8. The predicted molar refractivity (Wildman–Crippen MR) is 295 cm³/mol. The first-order valence-electron chi connectivity index (χ1n) is 25.5. The maximum atomic E-state index is 15.8. The Balaban J connectivity index is 1.18. The highest BCUT2D eigenvalue weighted by atomic mass is 31.2. The minimum absolute atomic E-state index is 0.101. The van der Waals surface area contributed by atoms with Crippen LogP contribution in [0.3, 0.4) is 0 Å². The lowest BCUT2D eigenvalue weighted by atomic mass is 10.2. The summed E-state index contributed by atoms with van der Waals surface area (Å²) in [7, 11) is -14.4. The number of hydrogen-bond acceptors (Lipinski definition) is 14. The van der Waals surface area contributed by atoms with E-state index in [0.717, 1.165) is 11.1 Å². The van der Waals surface area contributed by atoms with Crippen LogP contribution < -0.4 is 0 Å². The molecule has 8 aromatic carbocycles. The molecule has 1 fully saturated rings. The largest absolute Gasteiger partial charge is 0.475 e. The van der Waals surface area contributed by atoms with Gasteiger partial charge >= 0.3 is 23.5 Å². The molecule has 17 heteroatoms. The summed E-state index contributed by atoms with van der Waals surface area (Å²) in [6.07, 6.45) is -7.84. The standard InChI is InChI=1S/C61H61O14P3/c62-76(67-43-51-29-13-3-14-30-51,68-44-52-31-15-4-16-32-52)73-59-57(65-41-49-25-9-1-10-26-49)60(74-77(63,69-45-53-33-17-5-18-34-53)70-46-54-35-19-6-20-36-54)61(58(59)66-42-50-27-11-2-12-28-50)75-78(64,71-47-55-37-21-7-22-38-55)72-48-56-39-23-8-24-40-56/h1-40,57-61H,41-48H2/t57-,58-,60+,61+/m0/s1. The van der Waals surface area contributed by atoms with E-state index in [1.54, 1.807) is 48.5 Å². The first kappa shape index (κ1) is 56.7. The van der Waals surface area contributed by atoms with E-state index in [9.17, 15) is 0 Å². The number of benzene rings is 8. The van der Waals surface area contributed by atoms with Crippen LogP contribution in [0.5, 0.6) is 0 Å². The molecule has 4 atom stereocenters. The molecular weight excluding hydrogens is 1050 g/mol. The molecule has 0 bridgehead atoms. The Hall–Kier alpha value is -5.99. The Labute approximate surface area is 455 Å². The molecule has 0 spiro atoms. The predicted octanol–water partition coefficient (Wildman–Crippen LogP) is 15.0. The smallest absolute Gasteiger partial charge is 0.368 e. The van der Waals surface area contributed by atoms with Gasteiger partial charge in [-0.3, -0.25) is 40.7 Å². The van der Waals surface area contributed by atoms with Crippen molar-refractivity contribution in [2.45, 2.75) is 83.4 Å². The molecule has 78 heavy (non-hydrogen) atoms. The first-order valence-corrected chi connectivity index (χ1v) is 29.8. The van der Waals surface area contributed by atoms with Gasteiger partial charge in [0.2, 0.25) is 0 Å². The van der Waals surface area contributed by atoms with Crippen LogP contribution >= 0.6 is 23.5 Å². The molecule has 9 rings (SSSR count). The molecular formula is C61H61O14P3. The highest BCUT2D eigenvalue weighted by Gasteiger charge is 2.61. The van der Waals surface area contributed by atoms with Gasteiger partial charge in [0.15, 0.2) is 0 Å². The summed E-state index contributed by atoms with van der Waals surface area (Å²) in [5, 5.41) is 0. The second-order valence-corrected chi connectivity index (χ2v) is 23.0. The van der Waals surface area contributed by atoms with Crippen molar-refractivity contribution in [3.63, 3.8) is 0 Å². The third-order valence-corrected chi connectivity index (χ3v) is 16.5. The van der Waals surface area contributed by atoms with E-state index < -0.39 is 54.0 Å². The third-order valence-electron chi connectivity index (χ3n) is 12.3. The van der Waals surface area contributed by atoms with Crippen LogP contribution in [0.1, 0.15) is 44.5 Å². The second-order valence-electron chi connectivity index (χ2n) is 18.1. The average molecular weight is 1110 g/mol.